The summed E-state index contributed by atoms with van der Waals surface area (Å²) in [5.74, 6) is 9.22. The number of carbonyl (C=O) groups excluding carboxylic acids is 2. The van der Waals surface area contributed by atoms with Gasteiger partial charge in [-0.1, -0.05) is 119 Å². The van der Waals surface area contributed by atoms with Crippen LogP contribution >= 0.6 is 0 Å². The van der Waals surface area contributed by atoms with Crippen molar-refractivity contribution < 1.29 is 54.8 Å². The van der Waals surface area contributed by atoms with E-state index < -0.39 is 6.29 Å². The lowest BCUT2D eigenvalue weighted by Crippen LogP contribution is -2.38. The number of rotatable bonds is 19. The maximum Gasteiger partial charge on any atom is 0.200 e. The van der Waals surface area contributed by atoms with E-state index in [0.717, 1.165) is 181 Å². The molecular formula is C101H146O11. The molecule has 11 heteroatoms. The monoisotopic (exact) mass is 1540 g/mol. The molecule has 0 amide bonds. The molecular weight excluding hydrogens is 1390 g/mol. The van der Waals surface area contributed by atoms with Crippen molar-refractivity contribution in [1.82, 2.24) is 0 Å². The Balaban J connectivity index is 0.000000176. The molecule has 8 aliphatic rings. The number of allylic oxidation sites excluding steroid dienone is 14. The number of aromatic hydroxyl groups is 5. The summed E-state index contributed by atoms with van der Waals surface area (Å²) in [7, 11) is 0. The standard InChI is InChI=1S/C21H32O2.C20H28O3.2C20H28O2.C20H30O2/c1-13(2)7-6-8-17(12-22)18-10-9-14(3)20-19(18)11-15(4)16(5)21(20)23;1-11(2)6-5-7-15-14-9-8-12(3)17-16(21)10-13(4)19(18(14)17)23-20(15)22;1-12(2)6-5-7-15-11-22-20-14(4)10-17(21)18-13(3)8-9-16(15)19(18)20;1-12(2)7-6-8-13(3)16-10-9-14(4)18-17(21)11-15(5)20(22)19(16)18;1-12(2)7-6-8-13(3)16-10-9-14(4)18-17(16)11-15(5)19(21)20(18)22/h7,11,14,17-18,22-23H,6,8-10,12H2,1-5H3;6,10,12,14-15,20-22H,5,7-9H2,1-4H3;6,10,13,15-16,21H,5,7-9,11H2,1-4H3;7,11,13-14,16H,6,8-10H2,1-5H3;7,11,13-14,16,21-22H,6,8-10H2,1-5H3/t14-,17-,18+;12-,14+,15+,20?;13-,15-,16+;2*13-,14+,16-/m11100/s1. The van der Waals surface area contributed by atoms with Crippen molar-refractivity contribution in [1.29, 1.82) is 0 Å². The minimum absolute atomic E-state index is 0.0587. The second-order valence-corrected chi connectivity index (χ2v) is 37.0. The van der Waals surface area contributed by atoms with E-state index in [2.05, 4.69) is 174 Å². The fraction of sp³-hybridized carbons (Fsp3) is 0.604. The van der Waals surface area contributed by atoms with Gasteiger partial charge in [-0.25, -0.2) is 0 Å². The number of phenols is 5. The van der Waals surface area contributed by atoms with E-state index in [0.29, 0.717) is 82.0 Å². The van der Waals surface area contributed by atoms with E-state index in [1.165, 1.54) is 82.7 Å². The van der Waals surface area contributed by atoms with Crippen molar-refractivity contribution in [2.24, 2.45) is 41.4 Å². The number of aliphatic hydroxyl groups is 2. The van der Waals surface area contributed by atoms with Gasteiger partial charge in [0, 0.05) is 68.5 Å². The average Bonchev–Trinajstić information content (AvgIpc) is 0.750. The van der Waals surface area contributed by atoms with Crippen molar-refractivity contribution in [2.45, 2.75) is 341 Å². The molecule has 112 heavy (non-hydrogen) atoms. The molecule has 0 saturated carbocycles. The highest BCUT2D eigenvalue weighted by Crippen LogP contribution is 2.58. The summed E-state index contributed by atoms with van der Waals surface area (Å²) in [5.41, 5.74) is 23.3. The van der Waals surface area contributed by atoms with E-state index in [1.807, 2.05) is 26.8 Å². The van der Waals surface area contributed by atoms with Crippen LogP contribution in [0.25, 0.3) is 0 Å². The number of fused-ring (bicyclic) bond motifs is 2. The van der Waals surface area contributed by atoms with E-state index >= 15 is 0 Å². The smallest absolute Gasteiger partial charge is 0.200 e. The second-order valence-electron chi connectivity index (χ2n) is 37.0. The molecule has 16 atom stereocenters. The summed E-state index contributed by atoms with van der Waals surface area (Å²) >= 11 is 0. The topological polar surface area (TPSA) is 194 Å². The van der Waals surface area contributed by atoms with Crippen LogP contribution in [0.3, 0.4) is 0 Å². The van der Waals surface area contributed by atoms with Crippen molar-refractivity contribution in [3.8, 4) is 40.2 Å². The van der Waals surface area contributed by atoms with Crippen LogP contribution in [0.1, 0.15) is 373 Å². The van der Waals surface area contributed by atoms with Crippen LogP contribution in [0.15, 0.2) is 105 Å². The first-order chi connectivity index (χ1) is 52.9. The van der Waals surface area contributed by atoms with Crippen LogP contribution in [0, 0.1) is 76.0 Å². The van der Waals surface area contributed by atoms with Gasteiger partial charge in [-0.3, -0.25) is 9.59 Å². The lowest BCUT2D eigenvalue weighted by molar-refractivity contribution is -0.117. The van der Waals surface area contributed by atoms with Crippen LogP contribution in [0.5, 0.6) is 40.2 Å². The number of hydrogen-bond acceptors (Lipinski definition) is 11. The summed E-state index contributed by atoms with van der Waals surface area (Å²) in [4.78, 5) is 25.0. The van der Waals surface area contributed by atoms with Crippen molar-refractivity contribution >= 4 is 11.6 Å². The fourth-order valence-corrected chi connectivity index (χ4v) is 20.2. The van der Waals surface area contributed by atoms with Crippen molar-refractivity contribution in [2.75, 3.05) is 13.2 Å². The van der Waals surface area contributed by atoms with E-state index in [1.54, 1.807) is 13.0 Å². The zero-order valence-electron chi connectivity index (χ0n) is 73.3. The van der Waals surface area contributed by atoms with E-state index in [4.69, 9.17) is 9.47 Å². The Morgan fingerprint density at radius 2 is 0.893 bits per heavy atom. The minimum atomic E-state index is -0.748. The molecule has 0 radical (unpaired) electrons. The number of carbonyl (C=O) groups is 2. The molecule has 4 aromatic carbocycles. The van der Waals surface area contributed by atoms with E-state index in [9.17, 15) is 45.3 Å². The normalized spacial score (nSPS) is 25.0. The molecule has 6 aliphatic carbocycles. The summed E-state index contributed by atoms with van der Waals surface area (Å²) in [6.45, 7) is 49.5. The number of benzene rings is 4. The Bertz CT molecular complexity index is 4180. The SMILES string of the molecule is CC(C)=CCC[C@@H]1C(O)Oc2c(C)cc(O)c3c2[C@H]1CC[C@H]3C.CC(C)=CCC[C@@H]1COc2c(C)cc(O)c3c2[C@H]1CC[C@H]3C.CC(C)=CCC[C@H](C)[C@@H]1CC[C@@H](C)C2=C1C(=O)C(C)=CC2=O.CC(C)=CCC[C@H](C)[C@@H]1CC[C@@H](C)c2c1cc(C)c(O)c2O.CC(C)=CCC[C@H](CO)[C@@H]1CC[C@@H](C)c2c1cc(C)c(C)c2O. The van der Waals surface area contributed by atoms with Gasteiger partial charge in [0.15, 0.2) is 23.1 Å². The predicted molar refractivity (Wildman–Crippen MR) is 463 cm³/mol. The predicted octanol–water partition coefficient (Wildman–Crippen LogP) is 26.1. The molecule has 0 spiro atoms. The van der Waals surface area contributed by atoms with E-state index in [-0.39, 0.29) is 59.3 Å². The van der Waals surface area contributed by atoms with Crippen LogP contribution in [0.2, 0.25) is 0 Å². The lowest BCUT2D eigenvalue weighted by atomic mass is 9.67. The third-order valence-corrected chi connectivity index (χ3v) is 26.8. The number of hydrogen-bond donors (Lipinski definition) is 7. The Kier molecular flexibility index (Phi) is 32.7. The Morgan fingerprint density at radius 1 is 0.455 bits per heavy atom. The molecule has 0 saturated heterocycles. The molecule has 4 aromatic rings. The number of ketones is 2. The van der Waals surface area contributed by atoms with Gasteiger partial charge < -0.3 is 45.2 Å². The van der Waals surface area contributed by atoms with Gasteiger partial charge in [0.25, 0.3) is 0 Å². The molecule has 11 nitrogen and oxygen atoms in total. The largest absolute Gasteiger partial charge is 0.508 e. The molecule has 7 N–H and O–H groups in total. The highest BCUT2D eigenvalue weighted by molar-refractivity contribution is 6.23. The first kappa shape index (κ1) is 90.5. The fourth-order valence-electron chi connectivity index (χ4n) is 20.2. The minimum Gasteiger partial charge on any atom is -0.508 e. The highest BCUT2D eigenvalue weighted by Gasteiger charge is 2.45. The lowest BCUT2D eigenvalue weighted by Gasteiger charge is -2.43. The Hall–Kier alpha value is -7.08. The van der Waals surface area contributed by atoms with Crippen LogP contribution in [-0.4, -0.2) is 66.8 Å². The van der Waals surface area contributed by atoms with Gasteiger partial charge in [0.1, 0.15) is 28.7 Å². The highest BCUT2D eigenvalue weighted by atomic mass is 16.6. The number of aryl methyl sites for hydroxylation is 4. The van der Waals surface area contributed by atoms with Crippen molar-refractivity contribution in [3.63, 3.8) is 0 Å². The maximum atomic E-state index is 12.7. The molecule has 2 heterocycles. The van der Waals surface area contributed by atoms with Crippen LogP contribution in [0.4, 0.5) is 0 Å². The zero-order chi connectivity index (χ0) is 82.6. The Labute approximate surface area is 676 Å². The van der Waals surface area contributed by atoms with Gasteiger partial charge in [-0.2, -0.15) is 0 Å². The third-order valence-electron chi connectivity index (χ3n) is 26.8. The van der Waals surface area contributed by atoms with Crippen LogP contribution < -0.4 is 9.47 Å². The first-order valence-corrected chi connectivity index (χ1v) is 43.3. The van der Waals surface area contributed by atoms with Gasteiger partial charge in [0.05, 0.1) is 6.61 Å². The van der Waals surface area contributed by atoms with Gasteiger partial charge >= 0.3 is 0 Å². The van der Waals surface area contributed by atoms with Gasteiger partial charge in [-0.15, -0.1) is 0 Å². The summed E-state index contributed by atoms with van der Waals surface area (Å²) in [5, 5.41) is 72.5. The third kappa shape index (κ3) is 21.5. The number of phenolic OH excluding ortho intramolecular Hbond substituents is 5. The van der Waals surface area contributed by atoms with Crippen LogP contribution in [-0.2, 0) is 9.59 Å². The number of ether oxygens (including phenoxy) is 2. The molecule has 1 unspecified atom stereocenters. The average molecular weight is 1540 g/mol. The zero-order valence-corrected chi connectivity index (χ0v) is 73.3. The summed E-state index contributed by atoms with van der Waals surface area (Å²) in [6, 6.07) is 8.02. The number of aliphatic hydroxyl groups excluding tert-OH is 2. The number of Topliss-reactive ketones (excluding diaryl/α,β-unsaturated/α-hetero) is 1. The summed E-state index contributed by atoms with van der Waals surface area (Å²) in [6.07, 6.45) is 33.8. The maximum absolute atomic E-state index is 12.7. The quantitative estimate of drug-likeness (QED) is 0.0268. The Morgan fingerprint density at radius 3 is 1.45 bits per heavy atom. The van der Waals surface area contributed by atoms with Crippen molar-refractivity contribution in [3.05, 3.63) is 178 Å². The second kappa shape index (κ2) is 40.5. The molecule has 0 fully saturated rings. The molecule has 12 rings (SSSR count). The first-order valence-electron chi connectivity index (χ1n) is 43.3. The summed E-state index contributed by atoms with van der Waals surface area (Å²) < 4.78 is 12.0. The van der Waals surface area contributed by atoms with Gasteiger partial charge in [0.2, 0.25) is 6.29 Å². The molecule has 0 aromatic heterocycles. The van der Waals surface area contributed by atoms with Gasteiger partial charge in [-0.05, 0) is 373 Å². The molecule has 616 valence electrons. The molecule has 2 aliphatic heterocycles. The molecule has 0 bridgehead atoms.